The number of thiophene rings is 1. The molecule has 0 atom stereocenters. The number of para-hydroxylation sites is 3. The zero-order valence-electron chi connectivity index (χ0n) is 17.3. The topological polar surface area (TPSA) is 56.1 Å². The highest BCUT2D eigenvalue weighted by Gasteiger charge is 2.12. The molecule has 0 aliphatic heterocycles. The number of hydrogen-bond acceptors (Lipinski definition) is 4. The van der Waals surface area contributed by atoms with E-state index < -0.39 is 0 Å². The van der Waals surface area contributed by atoms with E-state index in [0.29, 0.717) is 26.1 Å². The molecule has 2 aromatic carbocycles. The number of hydrogen-bond donors (Lipinski definition) is 1. The van der Waals surface area contributed by atoms with Crippen molar-refractivity contribution in [3.05, 3.63) is 95.0 Å². The van der Waals surface area contributed by atoms with Crippen molar-refractivity contribution in [3.63, 3.8) is 0 Å². The normalized spacial score (nSPS) is 10.8. The Morgan fingerprint density at radius 1 is 1.13 bits per heavy atom. The van der Waals surface area contributed by atoms with E-state index in [2.05, 4.69) is 28.6 Å². The highest BCUT2D eigenvalue weighted by molar-refractivity contribution is 7.12. The van der Waals surface area contributed by atoms with Gasteiger partial charge in [0, 0.05) is 13.0 Å². The molecule has 6 heteroatoms. The summed E-state index contributed by atoms with van der Waals surface area (Å²) in [5.41, 5.74) is 3.16. The average molecular weight is 432 g/mol. The monoisotopic (exact) mass is 431 g/mol. The number of benzene rings is 2. The molecule has 0 saturated carbocycles. The van der Waals surface area contributed by atoms with Gasteiger partial charge >= 0.3 is 0 Å². The molecule has 4 rings (SSSR count). The molecule has 5 nitrogen and oxygen atoms in total. The third-order valence-electron chi connectivity index (χ3n) is 5.02. The van der Waals surface area contributed by atoms with Gasteiger partial charge in [-0.05, 0) is 41.6 Å². The summed E-state index contributed by atoms with van der Waals surface area (Å²) in [5, 5.41) is 4.89. The van der Waals surface area contributed by atoms with Gasteiger partial charge in [-0.15, -0.1) is 17.9 Å². The number of rotatable bonds is 10. The van der Waals surface area contributed by atoms with Crippen molar-refractivity contribution in [1.29, 1.82) is 0 Å². The van der Waals surface area contributed by atoms with E-state index in [4.69, 9.17) is 9.72 Å². The molecular weight excluding hydrogens is 406 g/mol. The first-order valence-corrected chi connectivity index (χ1v) is 11.2. The fraction of sp³-hybridized carbons (Fsp3) is 0.200. The second kappa shape index (κ2) is 10.1. The minimum atomic E-state index is -0.0418. The first-order valence-electron chi connectivity index (χ1n) is 10.3. The maximum atomic E-state index is 12.2. The molecule has 0 unspecified atom stereocenters. The summed E-state index contributed by atoms with van der Waals surface area (Å²) >= 11 is 1.44. The number of carbonyl (C=O) groups excluding carboxylic acids is 1. The third-order valence-corrected chi connectivity index (χ3v) is 5.89. The maximum absolute atomic E-state index is 12.2. The molecule has 0 aliphatic rings. The van der Waals surface area contributed by atoms with Gasteiger partial charge in [0.15, 0.2) is 0 Å². The van der Waals surface area contributed by atoms with Crippen molar-refractivity contribution >= 4 is 28.3 Å². The molecule has 2 aromatic heterocycles. The van der Waals surface area contributed by atoms with Crippen LogP contribution >= 0.6 is 11.3 Å². The summed E-state index contributed by atoms with van der Waals surface area (Å²) in [6.07, 6.45) is 3.31. The fourth-order valence-corrected chi connectivity index (χ4v) is 4.20. The summed E-state index contributed by atoms with van der Waals surface area (Å²) in [4.78, 5) is 17.7. The van der Waals surface area contributed by atoms with Crippen LogP contribution in [0.5, 0.6) is 5.75 Å². The molecule has 4 aromatic rings. The average Bonchev–Trinajstić information content (AvgIpc) is 3.44. The van der Waals surface area contributed by atoms with Crippen molar-refractivity contribution in [2.24, 2.45) is 0 Å². The number of aromatic nitrogens is 2. The molecule has 0 fully saturated rings. The van der Waals surface area contributed by atoms with E-state index in [-0.39, 0.29) is 5.91 Å². The smallest absolute Gasteiger partial charge is 0.261 e. The van der Waals surface area contributed by atoms with Crippen molar-refractivity contribution < 1.29 is 9.53 Å². The Morgan fingerprint density at radius 2 is 1.97 bits per heavy atom. The predicted octanol–water partition coefficient (Wildman–Crippen LogP) is 4.88. The van der Waals surface area contributed by atoms with Crippen LogP contribution in [0.2, 0.25) is 0 Å². The number of ether oxygens (including phenoxy) is 1. The first kappa shape index (κ1) is 20.9. The van der Waals surface area contributed by atoms with Crippen LogP contribution in [-0.4, -0.2) is 28.6 Å². The van der Waals surface area contributed by atoms with Crippen LogP contribution in [0.3, 0.4) is 0 Å². The Balaban J connectivity index is 1.44. The van der Waals surface area contributed by atoms with E-state index in [1.54, 1.807) is 0 Å². The van der Waals surface area contributed by atoms with Crippen LogP contribution in [0.4, 0.5) is 0 Å². The van der Waals surface area contributed by atoms with Crippen molar-refractivity contribution in [2.45, 2.75) is 19.4 Å². The summed E-state index contributed by atoms with van der Waals surface area (Å²) < 4.78 is 8.28. The van der Waals surface area contributed by atoms with Crippen LogP contribution in [0, 0.1) is 0 Å². The van der Waals surface area contributed by atoms with Gasteiger partial charge in [0.25, 0.3) is 5.91 Å². The predicted molar refractivity (Wildman–Crippen MR) is 126 cm³/mol. The second-order valence-corrected chi connectivity index (χ2v) is 8.05. The lowest BCUT2D eigenvalue weighted by molar-refractivity contribution is 0.0958. The van der Waals surface area contributed by atoms with Crippen molar-refractivity contribution in [3.8, 4) is 5.75 Å². The number of fused-ring (bicyclic) bond motifs is 1. The molecule has 1 amide bonds. The molecule has 0 spiro atoms. The third kappa shape index (κ3) is 5.03. The van der Waals surface area contributed by atoms with E-state index in [0.717, 1.165) is 39.5 Å². The molecule has 158 valence electrons. The Hall–Kier alpha value is -3.38. The number of nitrogens with zero attached hydrogens (tertiary/aromatic N) is 2. The highest BCUT2D eigenvalue weighted by atomic mass is 32.1. The number of nitrogens with one attached hydrogen (secondary N) is 1. The number of allylic oxidation sites excluding steroid dienone is 1. The summed E-state index contributed by atoms with van der Waals surface area (Å²) in [6, 6.07) is 19.8. The quantitative estimate of drug-likeness (QED) is 0.364. The second-order valence-electron chi connectivity index (χ2n) is 7.10. The summed E-state index contributed by atoms with van der Waals surface area (Å²) in [5.74, 6) is 1.78. The summed E-state index contributed by atoms with van der Waals surface area (Å²) in [6.45, 7) is 5.56. The molecule has 31 heavy (non-hydrogen) atoms. The number of carbonyl (C=O) groups is 1. The minimum Gasteiger partial charge on any atom is -0.491 e. The molecule has 2 heterocycles. The van der Waals surface area contributed by atoms with Gasteiger partial charge in [-0.25, -0.2) is 4.98 Å². The van der Waals surface area contributed by atoms with Gasteiger partial charge in [-0.3, -0.25) is 4.79 Å². The Kier molecular flexibility index (Phi) is 6.79. The number of amides is 1. The van der Waals surface area contributed by atoms with Gasteiger partial charge < -0.3 is 14.6 Å². The van der Waals surface area contributed by atoms with Crippen LogP contribution in [0.25, 0.3) is 11.0 Å². The van der Waals surface area contributed by atoms with E-state index in [1.165, 1.54) is 11.3 Å². The lowest BCUT2D eigenvalue weighted by atomic mass is 10.1. The molecule has 0 radical (unpaired) electrons. The van der Waals surface area contributed by atoms with Gasteiger partial charge in [-0.2, -0.15) is 0 Å². The first-order chi connectivity index (χ1) is 15.3. The number of imidazole rings is 1. The molecule has 0 aliphatic carbocycles. The van der Waals surface area contributed by atoms with Gasteiger partial charge in [-0.1, -0.05) is 42.5 Å². The Bertz CT molecular complexity index is 1160. The maximum Gasteiger partial charge on any atom is 0.261 e. The van der Waals surface area contributed by atoms with Crippen molar-refractivity contribution in [2.75, 3.05) is 13.2 Å². The van der Waals surface area contributed by atoms with E-state index in [1.807, 2.05) is 60.0 Å². The standard InChI is InChI=1S/C25H25N3O2S/c1-2-8-19-9-3-6-12-22(19)30-17-16-28-21-11-5-4-10-20(21)27-24(28)14-15-26-25(29)23-13-7-18-31-23/h2-7,9-13,18H,1,8,14-17H2,(H,26,29). The van der Waals surface area contributed by atoms with E-state index >= 15 is 0 Å². The lowest BCUT2D eigenvalue weighted by Gasteiger charge is -2.13. The fourth-order valence-electron chi connectivity index (χ4n) is 3.56. The van der Waals surface area contributed by atoms with Gasteiger partial charge in [0.2, 0.25) is 0 Å². The largest absolute Gasteiger partial charge is 0.491 e. The molecular formula is C25H25N3O2S. The SMILES string of the molecule is C=CCc1ccccc1OCCn1c(CCNC(=O)c2cccs2)nc2ccccc21. The van der Waals surface area contributed by atoms with Crippen LogP contribution < -0.4 is 10.1 Å². The van der Waals surface area contributed by atoms with Crippen LogP contribution in [-0.2, 0) is 19.4 Å². The molecule has 0 saturated heterocycles. The summed E-state index contributed by atoms with van der Waals surface area (Å²) in [7, 11) is 0. The van der Waals surface area contributed by atoms with E-state index in [9.17, 15) is 4.79 Å². The Labute approximate surface area is 186 Å². The van der Waals surface area contributed by atoms with Crippen LogP contribution in [0.15, 0.2) is 78.7 Å². The zero-order valence-corrected chi connectivity index (χ0v) is 18.1. The van der Waals surface area contributed by atoms with Crippen molar-refractivity contribution in [1.82, 2.24) is 14.9 Å². The Morgan fingerprint density at radius 3 is 2.81 bits per heavy atom. The van der Waals surface area contributed by atoms with Crippen LogP contribution in [0.1, 0.15) is 21.1 Å². The molecule has 1 N–H and O–H groups in total. The lowest BCUT2D eigenvalue weighted by Crippen LogP contribution is -2.26. The minimum absolute atomic E-state index is 0.0418. The van der Waals surface area contributed by atoms with Gasteiger partial charge in [0.05, 0.1) is 22.5 Å². The zero-order chi connectivity index (χ0) is 21.5. The highest BCUT2D eigenvalue weighted by Crippen LogP contribution is 2.20. The molecule has 0 bridgehead atoms. The van der Waals surface area contributed by atoms with Gasteiger partial charge in [0.1, 0.15) is 18.2 Å².